The summed E-state index contributed by atoms with van der Waals surface area (Å²) in [6.45, 7) is 2.24. The second kappa shape index (κ2) is 3.56. The second-order valence-corrected chi connectivity index (χ2v) is 3.13. The predicted octanol–water partition coefficient (Wildman–Crippen LogP) is 0.926. The van der Waals surface area contributed by atoms with Gasteiger partial charge in [0.05, 0.1) is 6.54 Å². The van der Waals surface area contributed by atoms with Crippen molar-refractivity contribution in [2.45, 2.75) is 13.5 Å². The maximum absolute atomic E-state index is 10.6. The lowest BCUT2D eigenvalue weighted by atomic mass is 10.2. The van der Waals surface area contributed by atoms with Crippen molar-refractivity contribution in [2.24, 2.45) is 0 Å². The van der Waals surface area contributed by atoms with Gasteiger partial charge in [0.25, 0.3) is 0 Å². The number of nitrogens with zero attached hydrogens (tertiary/aromatic N) is 3. The van der Waals surface area contributed by atoms with E-state index in [4.69, 9.17) is 9.52 Å². The highest BCUT2D eigenvalue weighted by molar-refractivity contribution is 5.84. The van der Waals surface area contributed by atoms with E-state index >= 15 is 0 Å². The number of hydrogen-bond donors (Lipinski definition) is 1. The van der Waals surface area contributed by atoms with Gasteiger partial charge in [0.2, 0.25) is 5.76 Å². The van der Waals surface area contributed by atoms with Crippen molar-refractivity contribution in [2.75, 3.05) is 0 Å². The average molecular weight is 207 g/mol. The molecule has 0 atom stereocenters. The largest absolute Gasteiger partial charge is 0.475 e. The van der Waals surface area contributed by atoms with E-state index in [0.29, 0.717) is 12.3 Å². The van der Waals surface area contributed by atoms with Gasteiger partial charge in [-0.15, -0.1) is 10.2 Å². The van der Waals surface area contributed by atoms with E-state index in [2.05, 4.69) is 10.2 Å². The zero-order valence-electron chi connectivity index (χ0n) is 8.04. The molecule has 0 bridgehead atoms. The van der Waals surface area contributed by atoms with Crippen LogP contribution in [0.1, 0.15) is 21.9 Å². The number of aromatic carboxylic acids is 1. The minimum Gasteiger partial charge on any atom is -0.475 e. The standard InChI is InChI=1S/C9H9N3O3/c1-6-7(2-8(15-6)9(13)14)3-12-4-10-11-5-12/h2,4-5H,3H2,1H3,(H,13,14). The molecule has 2 heterocycles. The van der Waals surface area contributed by atoms with Gasteiger partial charge in [-0.1, -0.05) is 0 Å². The fourth-order valence-electron chi connectivity index (χ4n) is 1.28. The first-order valence-corrected chi connectivity index (χ1v) is 4.32. The van der Waals surface area contributed by atoms with E-state index in [9.17, 15) is 4.79 Å². The summed E-state index contributed by atoms with van der Waals surface area (Å²) in [7, 11) is 0. The summed E-state index contributed by atoms with van der Waals surface area (Å²) in [6, 6.07) is 1.51. The van der Waals surface area contributed by atoms with Crippen LogP contribution < -0.4 is 0 Å². The Hall–Kier alpha value is -2.11. The van der Waals surface area contributed by atoms with Gasteiger partial charge in [-0.2, -0.15) is 0 Å². The van der Waals surface area contributed by atoms with E-state index in [0.717, 1.165) is 5.56 Å². The molecule has 0 fully saturated rings. The first-order valence-electron chi connectivity index (χ1n) is 4.32. The first kappa shape index (κ1) is 9.45. The molecule has 15 heavy (non-hydrogen) atoms. The van der Waals surface area contributed by atoms with Gasteiger partial charge < -0.3 is 14.1 Å². The summed E-state index contributed by atoms with van der Waals surface area (Å²) in [5, 5.41) is 16.0. The monoisotopic (exact) mass is 207 g/mol. The quantitative estimate of drug-likeness (QED) is 0.809. The molecule has 2 aromatic rings. The van der Waals surface area contributed by atoms with Gasteiger partial charge in [0.1, 0.15) is 18.4 Å². The Bertz CT molecular complexity index is 473. The third kappa shape index (κ3) is 1.88. The molecule has 2 aromatic heterocycles. The maximum atomic E-state index is 10.6. The zero-order chi connectivity index (χ0) is 10.8. The molecule has 0 unspecified atom stereocenters. The summed E-state index contributed by atoms with van der Waals surface area (Å²) >= 11 is 0. The maximum Gasteiger partial charge on any atom is 0.371 e. The molecule has 0 aliphatic rings. The molecule has 78 valence electrons. The molecule has 0 aromatic carbocycles. The lowest BCUT2D eigenvalue weighted by Crippen LogP contribution is -1.96. The van der Waals surface area contributed by atoms with Crippen LogP contribution in [0.3, 0.4) is 0 Å². The van der Waals surface area contributed by atoms with E-state index in [1.165, 1.54) is 6.07 Å². The Labute approximate surface area is 85.2 Å². The van der Waals surface area contributed by atoms with Crippen molar-refractivity contribution < 1.29 is 14.3 Å². The van der Waals surface area contributed by atoms with Gasteiger partial charge in [0.15, 0.2) is 0 Å². The molecule has 6 heteroatoms. The molecule has 0 radical (unpaired) electrons. The van der Waals surface area contributed by atoms with E-state index in [-0.39, 0.29) is 5.76 Å². The van der Waals surface area contributed by atoms with Gasteiger partial charge in [-0.25, -0.2) is 4.79 Å². The van der Waals surface area contributed by atoms with Crippen molar-refractivity contribution in [3.05, 3.63) is 35.8 Å². The molecule has 0 aliphatic heterocycles. The fourth-order valence-corrected chi connectivity index (χ4v) is 1.28. The van der Waals surface area contributed by atoms with Crippen molar-refractivity contribution in [3.63, 3.8) is 0 Å². The minimum atomic E-state index is -1.06. The number of hydrogen-bond acceptors (Lipinski definition) is 4. The van der Waals surface area contributed by atoms with Crippen molar-refractivity contribution in [3.8, 4) is 0 Å². The summed E-state index contributed by atoms with van der Waals surface area (Å²) in [5.41, 5.74) is 0.812. The lowest BCUT2D eigenvalue weighted by molar-refractivity contribution is 0.0661. The van der Waals surface area contributed by atoms with Gasteiger partial charge >= 0.3 is 5.97 Å². The first-order chi connectivity index (χ1) is 7.16. The molecule has 0 aliphatic carbocycles. The number of rotatable bonds is 3. The minimum absolute atomic E-state index is 0.0458. The Morgan fingerprint density at radius 1 is 1.53 bits per heavy atom. The number of aromatic nitrogens is 3. The number of carbonyl (C=O) groups is 1. The van der Waals surface area contributed by atoms with Crippen LogP contribution in [-0.4, -0.2) is 25.8 Å². The normalized spacial score (nSPS) is 10.5. The Morgan fingerprint density at radius 3 is 2.73 bits per heavy atom. The van der Waals surface area contributed by atoms with Crippen LogP contribution in [0.25, 0.3) is 0 Å². The van der Waals surface area contributed by atoms with Crippen LogP contribution in [0.5, 0.6) is 0 Å². The fraction of sp³-hybridized carbons (Fsp3) is 0.222. The SMILES string of the molecule is Cc1oc(C(=O)O)cc1Cn1cnnc1. The molecule has 0 saturated carbocycles. The van der Waals surface area contributed by atoms with Crippen LogP contribution in [0.15, 0.2) is 23.1 Å². The van der Waals surface area contributed by atoms with Gasteiger partial charge in [-0.3, -0.25) is 0 Å². The molecular formula is C9H9N3O3. The zero-order valence-corrected chi connectivity index (χ0v) is 8.04. The molecule has 6 nitrogen and oxygen atoms in total. The van der Waals surface area contributed by atoms with E-state index < -0.39 is 5.97 Å². The predicted molar refractivity (Wildman–Crippen MR) is 49.5 cm³/mol. The smallest absolute Gasteiger partial charge is 0.371 e. The Kier molecular flexibility index (Phi) is 2.24. The molecule has 1 N–H and O–H groups in total. The highest BCUT2D eigenvalue weighted by atomic mass is 16.4. The number of carboxylic acid groups (broad SMARTS) is 1. The second-order valence-electron chi connectivity index (χ2n) is 3.13. The molecule has 0 saturated heterocycles. The van der Waals surface area contributed by atoms with Crippen LogP contribution in [-0.2, 0) is 6.54 Å². The van der Waals surface area contributed by atoms with Crippen molar-refractivity contribution >= 4 is 5.97 Å². The topological polar surface area (TPSA) is 81.1 Å². The molecule has 0 spiro atoms. The van der Waals surface area contributed by atoms with Gasteiger partial charge in [-0.05, 0) is 13.0 Å². The lowest BCUT2D eigenvalue weighted by Gasteiger charge is -1.97. The number of furan rings is 1. The molecule has 0 amide bonds. The summed E-state index contributed by atoms with van der Waals surface area (Å²) < 4.78 is 6.81. The van der Waals surface area contributed by atoms with Crippen LogP contribution in [0.4, 0.5) is 0 Å². The summed E-state index contributed by atoms with van der Waals surface area (Å²) in [5.74, 6) is -0.509. The third-order valence-electron chi connectivity index (χ3n) is 2.05. The molecule has 2 rings (SSSR count). The summed E-state index contributed by atoms with van der Waals surface area (Å²) in [4.78, 5) is 10.6. The highest BCUT2D eigenvalue weighted by Gasteiger charge is 2.12. The van der Waals surface area contributed by atoms with Crippen molar-refractivity contribution in [1.82, 2.24) is 14.8 Å². The van der Waals surface area contributed by atoms with E-state index in [1.54, 1.807) is 24.1 Å². The molecular weight excluding hydrogens is 198 g/mol. The van der Waals surface area contributed by atoms with Crippen LogP contribution >= 0.6 is 0 Å². The average Bonchev–Trinajstić information content (AvgIpc) is 2.77. The van der Waals surface area contributed by atoms with Gasteiger partial charge in [0, 0.05) is 5.56 Å². The summed E-state index contributed by atoms with van der Waals surface area (Å²) in [6.07, 6.45) is 3.12. The Balaban J connectivity index is 2.25. The highest BCUT2D eigenvalue weighted by Crippen LogP contribution is 2.15. The van der Waals surface area contributed by atoms with E-state index in [1.807, 2.05) is 0 Å². The van der Waals surface area contributed by atoms with Crippen LogP contribution in [0.2, 0.25) is 0 Å². The number of aryl methyl sites for hydroxylation is 1. The third-order valence-corrected chi connectivity index (χ3v) is 2.05. The van der Waals surface area contributed by atoms with Crippen LogP contribution in [0, 0.1) is 6.92 Å². The number of carboxylic acids is 1. The van der Waals surface area contributed by atoms with Crippen molar-refractivity contribution in [1.29, 1.82) is 0 Å². The Morgan fingerprint density at radius 2 is 2.20 bits per heavy atom.